The van der Waals surface area contributed by atoms with Gasteiger partial charge in [-0.1, -0.05) is 67.6 Å². The highest BCUT2D eigenvalue weighted by atomic mass is 32.2. The Bertz CT molecular complexity index is 1590. The van der Waals surface area contributed by atoms with E-state index in [1.165, 1.54) is 48.4 Å². The Morgan fingerprint density at radius 2 is 1.52 bits per heavy atom. The molecule has 256 valence electrons. The van der Waals surface area contributed by atoms with Crippen LogP contribution in [-0.4, -0.2) is 58.6 Å². The lowest BCUT2D eigenvalue weighted by atomic mass is 9.87. The van der Waals surface area contributed by atoms with Crippen LogP contribution < -0.4 is 20.4 Å². The second-order valence-corrected chi connectivity index (χ2v) is 16.0. The highest BCUT2D eigenvalue weighted by molar-refractivity contribution is 8.01. The zero-order valence-corrected chi connectivity index (χ0v) is 30.0. The quantitative estimate of drug-likeness (QED) is 0.182. The average Bonchev–Trinajstić information content (AvgIpc) is 3.90. The number of anilines is 3. The summed E-state index contributed by atoms with van der Waals surface area (Å²) in [5.74, 6) is 0.231. The highest BCUT2D eigenvalue weighted by Gasteiger charge is 2.42. The van der Waals surface area contributed by atoms with Gasteiger partial charge in [-0.2, -0.15) is 10.2 Å². The van der Waals surface area contributed by atoms with Gasteiger partial charge < -0.3 is 20.4 Å². The van der Waals surface area contributed by atoms with E-state index in [0.717, 1.165) is 61.6 Å². The second-order valence-electron chi connectivity index (χ2n) is 13.5. The molecule has 0 aliphatic carbocycles. The zero-order valence-electron chi connectivity index (χ0n) is 28.4. The first kappa shape index (κ1) is 34.4. The number of aromatic nitrogens is 2. The lowest BCUT2D eigenvalue weighted by Crippen LogP contribution is -2.35. The maximum atomic E-state index is 13.0. The van der Waals surface area contributed by atoms with E-state index in [9.17, 15) is 9.59 Å². The van der Waals surface area contributed by atoms with Crippen LogP contribution in [0.1, 0.15) is 87.8 Å². The maximum Gasteiger partial charge on any atom is 0.230 e. The fourth-order valence-corrected chi connectivity index (χ4v) is 9.10. The fourth-order valence-electron chi connectivity index (χ4n) is 7.04. The Hall–Kier alpha value is -3.51. The summed E-state index contributed by atoms with van der Waals surface area (Å²) in [6, 6.07) is 16.6. The van der Waals surface area contributed by atoms with Crippen LogP contribution in [0, 0.1) is 5.92 Å². The average molecular weight is 689 g/mol. The monoisotopic (exact) mass is 688 g/mol. The van der Waals surface area contributed by atoms with Crippen LogP contribution in [0.4, 0.5) is 16.5 Å². The first-order valence-electron chi connectivity index (χ1n) is 17.5. The maximum absolute atomic E-state index is 13.0. The Morgan fingerprint density at radius 3 is 2.12 bits per heavy atom. The molecule has 3 aliphatic heterocycles. The molecule has 12 heteroatoms. The summed E-state index contributed by atoms with van der Waals surface area (Å²) in [7, 11) is 0. The molecular weight excluding hydrogens is 641 g/mol. The van der Waals surface area contributed by atoms with E-state index >= 15 is 0 Å². The molecule has 48 heavy (non-hydrogen) atoms. The number of carbonyl (C=O) groups excluding carboxylic acids is 2. The van der Waals surface area contributed by atoms with Crippen molar-refractivity contribution >= 4 is 51.4 Å². The van der Waals surface area contributed by atoms with Crippen LogP contribution in [0.3, 0.4) is 0 Å². The van der Waals surface area contributed by atoms with Crippen molar-refractivity contribution in [3.63, 3.8) is 0 Å². The van der Waals surface area contributed by atoms with Crippen LogP contribution in [0.2, 0.25) is 0 Å². The van der Waals surface area contributed by atoms with E-state index in [2.05, 4.69) is 80.8 Å². The molecule has 2 aromatic carbocycles. The molecule has 10 nitrogen and oxygen atoms in total. The number of hydrogen-bond donors (Lipinski definition) is 2. The molecule has 1 aromatic heterocycles. The van der Waals surface area contributed by atoms with Crippen molar-refractivity contribution in [1.29, 1.82) is 0 Å². The Kier molecular flexibility index (Phi) is 11.3. The zero-order chi connectivity index (χ0) is 33.5. The minimum atomic E-state index is -0.455. The van der Waals surface area contributed by atoms with Gasteiger partial charge in [-0.05, 0) is 86.8 Å². The lowest BCUT2D eigenvalue weighted by Gasteiger charge is -2.31. The van der Waals surface area contributed by atoms with E-state index in [-0.39, 0.29) is 23.7 Å². The minimum absolute atomic E-state index is 0.0441. The van der Waals surface area contributed by atoms with Gasteiger partial charge in [0.25, 0.3) is 0 Å². The van der Waals surface area contributed by atoms with Crippen LogP contribution >= 0.6 is 23.1 Å². The summed E-state index contributed by atoms with van der Waals surface area (Å²) < 4.78 is 0. The van der Waals surface area contributed by atoms with Crippen molar-refractivity contribution in [2.45, 2.75) is 94.8 Å². The highest BCUT2D eigenvalue weighted by Crippen LogP contribution is 2.47. The van der Waals surface area contributed by atoms with Crippen molar-refractivity contribution in [1.82, 2.24) is 15.5 Å². The van der Waals surface area contributed by atoms with E-state index < -0.39 is 10.4 Å². The van der Waals surface area contributed by atoms with Gasteiger partial charge in [-0.3, -0.25) is 9.59 Å². The molecule has 4 atom stereocenters. The van der Waals surface area contributed by atoms with Gasteiger partial charge in [0.05, 0.1) is 12.8 Å². The number of thioether (sulfide) groups is 1. The topological polar surface area (TPSA) is 115 Å². The largest absolute Gasteiger partial charge is 0.372 e. The molecule has 4 heterocycles. The molecule has 2 N–H and O–H groups in total. The molecule has 0 saturated carbocycles. The number of amides is 2. The molecule has 0 spiro atoms. The molecule has 6 rings (SSSR count). The fraction of sp³-hybridized carbons (Fsp3) is 0.556. The third kappa shape index (κ3) is 8.74. The first-order valence-corrected chi connectivity index (χ1v) is 19.2. The van der Waals surface area contributed by atoms with Gasteiger partial charge in [-0.25, -0.2) is 0 Å². The molecule has 2 amide bonds. The summed E-state index contributed by atoms with van der Waals surface area (Å²) in [4.78, 5) is 30.3. The van der Waals surface area contributed by atoms with Crippen LogP contribution in [0.25, 0.3) is 0 Å². The van der Waals surface area contributed by atoms with Gasteiger partial charge in [0.15, 0.2) is 5.50 Å². The number of azo groups is 1. The predicted molar refractivity (Wildman–Crippen MR) is 196 cm³/mol. The smallest absolute Gasteiger partial charge is 0.230 e. The molecule has 0 radical (unpaired) electrons. The van der Waals surface area contributed by atoms with Crippen molar-refractivity contribution < 1.29 is 9.59 Å². The van der Waals surface area contributed by atoms with Crippen LogP contribution in [-0.2, 0) is 22.4 Å². The number of hydrogen-bond acceptors (Lipinski definition) is 10. The van der Waals surface area contributed by atoms with Crippen molar-refractivity contribution in [2.75, 3.05) is 41.3 Å². The summed E-state index contributed by atoms with van der Waals surface area (Å²) in [6.45, 7) is 10.8. The number of nitrogens with one attached hydrogen (secondary N) is 2. The Morgan fingerprint density at radius 1 is 0.917 bits per heavy atom. The van der Waals surface area contributed by atoms with Crippen LogP contribution in [0.5, 0.6) is 0 Å². The van der Waals surface area contributed by atoms with E-state index in [0.29, 0.717) is 18.0 Å². The summed E-state index contributed by atoms with van der Waals surface area (Å²) in [5.41, 5.74) is 3.98. The first-order chi connectivity index (χ1) is 23.3. The van der Waals surface area contributed by atoms with E-state index in [1.807, 2.05) is 24.3 Å². The van der Waals surface area contributed by atoms with Crippen LogP contribution in [0.15, 0.2) is 58.8 Å². The van der Waals surface area contributed by atoms with Crippen molar-refractivity contribution in [3.8, 4) is 0 Å². The third-order valence-corrected chi connectivity index (χ3v) is 12.0. The summed E-state index contributed by atoms with van der Waals surface area (Å²) in [6.07, 6.45) is 8.36. The molecule has 3 aliphatic rings. The normalized spacial score (nSPS) is 21.9. The number of benzene rings is 2. The Labute approximate surface area is 292 Å². The van der Waals surface area contributed by atoms with E-state index in [4.69, 9.17) is 5.11 Å². The molecular formula is C36H48N8O2S2. The van der Waals surface area contributed by atoms with Crippen molar-refractivity contribution in [2.24, 2.45) is 16.1 Å². The number of carbonyl (C=O) groups is 2. The van der Waals surface area contributed by atoms with Gasteiger partial charge >= 0.3 is 0 Å². The van der Waals surface area contributed by atoms with Gasteiger partial charge in [0.1, 0.15) is 9.88 Å². The molecule has 2 saturated heterocycles. The second kappa shape index (κ2) is 15.8. The number of nitrogens with zero attached hydrogens (tertiary/aromatic N) is 6. The molecule has 4 unspecified atom stereocenters. The molecule has 0 bridgehead atoms. The van der Waals surface area contributed by atoms with Gasteiger partial charge in [-0.15, -0.1) is 10.2 Å². The standard InChI is InChI=1S/C36H48N8O2S2/c1-4-11-28(36(3)42-41-35(48-36)38-32(46)24-27-13-10-15-30(22-27)44-18-7-8-19-44)20-25(2)33-39-40-34(47-33)37-31(45)23-26-12-9-14-29(21-26)43-16-5-6-17-43/h9-10,12-15,21-22,25,28,35H,4-8,11,16-20,23-24H2,1-3H3,(H,38,46)(H,37,40,45). The van der Waals surface area contributed by atoms with Gasteiger partial charge in [0.2, 0.25) is 16.9 Å². The number of rotatable bonds is 14. The third-order valence-electron chi connectivity index (χ3n) is 9.63. The predicted octanol–water partition coefficient (Wildman–Crippen LogP) is 7.39. The summed E-state index contributed by atoms with van der Waals surface area (Å²) >= 11 is 3.06. The van der Waals surface area contributed by atoms with Crippen molar-refractivity contribution in [3.05, 3.63) is 64.7 Å². The minimum Gasteiger partial charge on any atom is -0.372 e. The van der Waals surface area contributed by atoms with Gasteiger partial charge in [0, 0.05) is 43.5 Å². The summed E-state index contributed by atoms with van der Waals surface area (Å²) in [5, 5.41) is 25.5. The van der Waals surface area contributed by atoms with E-state index in [1.54, 1.807) is 11.8 Å². The lowest BCUT2D eigenvalue weighted by molar-refractivity contribution is -0.120. The molecule has 2 fully saturated rings. The Balaban J connectivity index is 0.998. The molecule has 3 aromatic rings. The SMILES string of the molecule is CCCC(CC(C)c1nnc(NC(=O)Cc2cccc(N3CCCC3)c2)s1)C1(C)N=NC(NC(=O)Cc2cccc(N3CCCC3)c2)S1.